The number of rotatable bonds is 4. The van der Waals surface area contributed by atoms with Crippen LogP contribution in [0.15, 0.2) is 54.6 Å². The Bertz CT molecular complexity index is 725. The molecular formula is C21H24N2O2. The van der Waals surface area contributed by atoms with Crippen LogP contribution in [-0.4, -0.2) is 17.9 Å². The summed E-state index contributed by atoms with van der Waals surface area (Å²) < 4.78 is 0. The third-order valence-electron chi connectivity index (χ3n) is 4.87. The standard InChI is InChI=1S/C21H24N2O2/c1-15-7-5-6-10-19(15)23-21(25)17-11-13-18(14-12-17)22-20(24)16-8-3-2-4-9-16/h2-4,8-9,11-15,19H,5-7,10H2,1H3,(H,22,24)(H,23,25). The van der Waals surface area contributed by atoms with Gasteiger partial charge in [0.15, 0.2) is 0 Å². The van der Waals surface area contributed by atoms with Crippen LogP contribution in [0, 0.1) is 5.92 Å². The van der Waals surface area contributed by atoms with Gasteiger partial charge in [-0.25, -0.2) is 0 Å². The summed E-state index contributed by atoms with van der Waals surface area (Å²) in [4.78, 5) is 24.6. The van der Waals surface area contributed by atoms with Gasteiger partial charge in [-0.05, 0) is 55.2 Å². The monoisotopic (exact) mass is 336 g/mol. The molecule has 3 rings (SSSR count). The first-order valence-electron chi connectivity index (χ1n) is 8.91. The quantitative estimate of drug-likeness (QED) is 0.877. The molecule has 0 heterocycles. The summed E-state index contributed by atoms with van der Waals surface area (Å²) in [5, 5.41) is 5.99. The molecule has 2 amide bonds. The molecule has 1 fully saturated rings. The van der Waals surface area contributed by atoms with Crippen LogP contribution in [-0.2, 0) is 0 Å². The second-order valence-corrected chi connectivity index (χ2v) is 6.74. The minimum atomic E-state index is -0.158. The van der Waals surface area contributed by atoms with Crippen LogP contribution in [0.4, 0.5) is 5.69 Å². The zero-order valence-corrected chi connectivity index (χ0v) is 14.5. The van der Waals surface area contributed by atoms with Crippen molar-refractivity contribution in [2.24, 2.45) is 5.92 Å². The summed E-state index contributed by atoms with van der Waals surface area (Å²) >= 11 is 0. The molecule has 1 saturated carbocycles. The Balaban J connectivity index is 1.60. The molecule has 0 aromatic heterocycles. The molecule has 130 valence electrons. The van der Waals surface area contributed by atoms with Crippen molar-refractivity contribution >= 4 is 17.5 Å². The number of hydrogen-bond donors (Lipinski definition) is 2. The summed E-state index contributed by atoms with van der Waals surface area (Å²) in [7, 11) is 0. The van der Waals surface area contributed by atoms with E-state index in [1.165, 1.54) is 19.3 Å². The third-order valence-corrected chi connectivity index (χ3v) is 4.87. The second kappa shape index (κ2) is 7.97. The van der Waals surface area contributed by atoms with Crippen molar-refractivity contribution in [2.45, 2.75) is 38.6 Å². The Labute approximate surface area is 148 Å². The maximum Gasteiger partial charge on any atom is 0.255 e. The van der Waals surface area contributed by atoms with Gasteiger partial charge in [0.1, 0.15) is 0 Å². The van der Waals surface area contributed by atoms with E-state index in [-0.39, 0.29) is 17.9 Å². The van der Waals surface area contributed by atoms with E-state index < -0.39 is 0 Å². The zero-order chi connectivity index (χ0) is 17.6. The lowest BCUT2D eigenvalue weighted by Crippen LogP contribution is -2.41. The molecule has 1 aliphatic rings. The number of carbonyl (C=O) groups excluding carboxylic acids is 2. The van der Waals surface area contributed by atoms with E-state index in [1.807, 2.05) is 18.2 Å². The topological polar surface area (TPSA) is 58.2 Å². The van der Waals surface area contributed by atoms with Gasteiger partial charge in [0.2, 0.25) is 0 Å². The van der Waals surface area contributed by atoms with Crippen molar-refractivity contribution in [3.63, 3.8) is 0 Å². The predicted octanol–water partition coefficient (Wildman–Crippen LogP) is 4.25. The van der Waals surface area contributed by atoms with Gasteiger partial charge in [0.25, 0.3) is 11.8 Å². The van der Waals surface area contributed by atoms with E-state index in [2.05, 4.69) is 17.6 Å². The lowest BCUT2D eigenvalue weighted by molar-refractivity contribution is 0.0910. The van der Waals surface area contributed by atoms with Crippen LogP contribution >= 0.6 is 0 Å². The normalized spacial score (nSPS) is 19.9. The first-order chi connectivity index (χ1) is 12.1. The maximum atomic E-state index is 12.4. The van der Waals surface area contributed by atoms with Crippen molar-refractivity contribution in [1.82, 2.24) is 5.32 Å². The highest BCUT2D eigenvalue weighted by molar-refractivity contribution is 6.04. The minimum Gasteiger partial charge on any atom is -0.349 e. The van der Waals surface area contributed by atoms with E-state index >= 15 is 0 Å². The Morgan fingerprint density at radius 2 is 1.48 bits per heavy atom. The predicted molar refractivity (Wildman–Crippen MR) is 99.7 cm³/mol. The number of carbonyl (C=O) groups is 2. The van der Waals surface area contributed by atoms with Crippen LogP contribution in [0.25, 0.3) is 0 Å². The number of nitrogens with one attached hydrogen (secondary N) is 2. The molecule has 2 aromatic carbocycles. The van der Waals surface area contributed by atoms with Gasteiger partial charge in [-0.15, -0.1) is 0 Å². The molecule has 1 aliphatic carbocycles. The summed E-state index contributed by atoms with van der Waals surface area (Å²) in [5.41, 5.74) is 1.91. The summed E-state index contributed by atoms with van der Waals surface area (Å²) in [6.07, 6.45) is 4.66. The number of anilines is 1. The highest BCUT2D eigenvalue weighted by Crippen LogP contribution is 2.24. The van der Waals surface area contributed by atoms with Gasteiger partial charge in [-0.3, -0.25) is 9.59 Å². The maximum absolute atomic E-state index is 12.4. The molecule has 2 atom stereocenters. The molecule has 0 saturated heterocycles. The average molecular weight is 336 g/mol. The van der Waals surface area contributed by atoms with Gasteiger partial charge < -0.3 is 10.6 Å². The molecule has 0 spiro atoms. The molecule has 4 nitrogen and oxygen atoms in total. The second-order valence-electron chi connectivity index (χ2n) is 6.74. The molecule has 25 heavy (non-hydrogen) atoms. The number of benzene rings is 2. The van der Waals surface area contributed by atoms with Crippen molar-refractivity contribution in [3.8, 4) is 0 Å². The zero-order valence-electron chi connectivity index (χ0n) is 14.5. The molecule has 2 unspecified atom stereocenters. The SMILES string of the molecule is CC1CCCCC1NC(=O)c1ccc(NC(=O)c2ccccc2)cc1. The fraction of sp³-hybridized carbons (Fsp3) is 0.333. The Morgan fingerprint density at radius 3 is 2.16 bits per heavy atom. The lowest BCUT2D eigenvalue weighted by Gasteiger charge is -2.29. The van der Waals surface area contributed by atoms with E-state index in [1.54, 1.807) is 36.4 Å². The largest absolute Gasteiger partial charge is 0.349 e. The molecule has 2 aromatic rings. The van der Waals surface area contributed by atoms with Crippen molar-refractivity contribution in [2.75, 3.05) is 5.32 Å². The first-order valence-corrected chi connectivity index (χ1v) is 8.91. The van der Waals surface area contributed by atoms with Gasteiger partial charge in [-0.1, -0.05) is 38.0 Å². The Kier molecular flexibility index (Phi) is 5.49. The van der Waals surface area contributed by atoms with Crippen molar-refractivity contribution < 1.29 is 9.59 Å². The van der Waals surface area contributed by atoms with Crippen molar-refractivity contribution in [3.05, 3.63) is 65.7 Å². The fourth-order valence-corrected chi connectivity index (χ4v) is 3.28. The van der Waals surface area contributed by atoms with E-state index in [0.717, 1.165) is 6.42 Å². The van der Waals surface area contributed by atoms with Gasteiger partial charge in [0, 0.05) is 22.9 Å². The molecule has 4 heteroatoms. The molecular weight excluding hydrogens is 312 g/mol. The van der Waals surface area contributed by atoms with Crippen LogP contribution < -0.4 is 10.6 Å². The Hall–Kier alpha value is -2.62. The van der Waals surface area contributed by atoms with Gasteiger partial charge >= 0.3 is 0 Å². The lowest BCUT2D eigenvalue weighted by atomic mass is 9.86. The first kappa shape index (κ1) is 17.2. The molecule has 0 radical (unpaired) electrons. The van der Waals surface area contributed by atoms with E-state index in [4.69, 9.17) is 0 Å². The van der Waals surface area contributed by atoms with Crippen LogP contribution in [0.2, 0.25) is 0 Å². The highest BCUT2D eigenvalue weighted by atomic mass is 16.2. The summed E-state index contributed by atoms with van der Waals surface area (Å²) in [6.45, 7) is 2.20. The van der Waals surface area contributed by atoms with Gasteiger partial charge in [-0.2, -0.15) is 0 Å². The number of amides is 2. The van der Waals surface area contributed by atoms with Crippen LogP contribution in [0.5, 0.6) is 0 Å². The minimum absolute atomic E-state index is 0.0420. The van der Waals surface area contributed by atoms with Crippen LogP contribution in [0.1, 0.15) is 53.3 Å². The van der Waals surface area contributed by atoms with Gasteiger partial charge in [0.05, 0.1) is 0 Å². The van der Waals surface area contributed by atoms with Crippen LogP contribution in [0.3, 0.4) is 0 Å². The molecule has 0 bridgehead atoms. The molecule has 0 aliphatic heterocycles. The average Bonchev–Trinajstić information content (AvgIpc) is 2.65. The smallest absolute Gasteiger partial charge is 0.255 e. The Morgan fingerprint density at radius 1 is 0.840 bits per heavy atom. The number of hydrogen-bond acceptors (Lipinski definition) is 2. The van der Waals surface area contributed by atoms with Crippen molar-refractivity contribution in [1.29, 1.82) is 0 Å². The fourth-order valence-electron chi connectivity index (χ4n) is 3.28. The third kappa shape index (κ3) is 4.47. The van der Waals surface area contributed by atoms with E-state index in [0.29, 0.717) is 22.7 Å². The molecule has 2 N–H and O–H groups in total. The summed E-state index contributed by atoms with van der Waals surface area (Å²) in [5.74, 6) is 0.329. The summed E-state index contributed by atoms with van der Waals surface area (Å²) in [6, 6.07) is 16.4. The van der Waals surface area contributed by atoms with E-state index in [9.17, 15) is 9.59 Å². The highest BCUT2D eigenvalue weighted by Gasteiger charge is 2.23.